The SMILES string of the molecule is CCOC(=O)c1c(-c2ccc(OCC)cc2)csc1NC(=O)COc1ccc(C(C)C)cc1. The molecule has 0 aliphatic heterocycles. The van der Waals surface area contributed by atoms with E-state index in [1.807, 2.05) is 60.8 Å². The molecule has 0 saturated carbocycles. The second-order valence-corrected chi connectivity index (χ2v) is 8.47. The van der Waals surface area contributed by atoms with Crippen LogP contribution < -0.4 is 14.8 Å². The molecule has 3 rings (SSSR count). The minimum absolute atomic E-state index is 0.167. The van der Waals surface area contributed by atoms with Crippen LogP contribution in [-0.2, 0) is 9.53 Å². The summed E-state index contributed by atoms with van der Waals surface area (Å²) >= 11 is 1.28. The van der Waals surface area contributed by atoms with Crippen molar-refractivity contribution >= 4 is 28.2 Å². The monoisotopic (exact) mass is 467 g/mol. The van der Waals surface area contributed by atoms with Gasteiger partial charge >= 0.3 is 5.97 Å². The second kappa shape index (κ2) is 11.5. The number of ether oxygens (including phenoxy) is 3. The second-order valence-electron chi connectivity index (χ2n) is 7.59. The molecule has 1 amide bonds. The maximum absolute atomic E-state index is 12.7. The average molecular weight is 468 g/mol. The zero-order chi connectivity index (χ0) is 23.8. The van der Waals surface area contributed by atoms with Crippen LogP contribution in [0, 0.1) is 0 Å². The largest absolute Gasteiger partial charge is 0.494 e. The Morgan fingerprint density at radius 3 is 2.15 bits per heavy atom. The molecule has 0 fully saturated rings. The fourth-order valence-corrected chi connectivity index (χ4v) is 4.20. The first-order chi connectivity index (χ1) is 15.9. The Balaban J connectivity index is 1.74. The third kappa shape index (κ3) is 6.35. The predicted octanol–water partition coefficient (Wildman–Crippen LogP) is 6.13. The topological polar surface area (TPSA) is 73.9 Å². The number of esters is 1. The molecular weight excluding hydrogens is 438 g/mol. The van der Waals surface area contributed by atoms with Crippen LogP contribution in [0.25, 0.3) is 11.1 Å². The summed E-state index contributed by atoms with van der Waals surface area (Å²) in [5.41, 5.74) is 3.06. The van der Waals surface area contributed by atoms with Gasteiger partial charge in [0.25, 0.3) is 5.91 Å². The summed E-state index contributed by atoms with van der Waals surface area (Å²) in [5, 5.41) is 5.07. The molecule has 1 aromatic heterocycles. The Hall–Kier alpha value is -3.32. The predicted molar refractivity (Wildman–Crippen MR) is 132 cm³/mol. The summed E-state index contributed by atoms with van der Waals surface area (Å²) in [6.45, 7) is 8.55. The number of carbonyl (C=O) groups excluding carboxylic acids is 2. The molecule has 0 atom stereocenters. The van der Waals surface area contributed by atoms with Gasteiger partial charge in [-0.05, 0) is 55.2 Å². The molecule has 3 aromatic rings. The zero-order valence-corrected chi connectivity index (χ0v) is 20.2. The van der Waals surface area contributed by atoms with Crippen LogP contribution in [-0.4, -0.2) is 31.7 Å². The molecule has 0 bridgehead atoms. The molecular formula is C26H29NO5S. The molecule has 0 aliphatic rings. The van der Waals surface area contributed by atoms with Crippen molar-refractivity contribution in [3.63, 3.8) is 0 Å². The van der Waals surface area contributed by atoms with Crippen molar-refractivity contribution in [2.75, 3.05) is 25.1 Å². The number of carbonyl (C=O) groups is 2. The summed E-state index contributed by atoms with van der Waals surface area (Å²) in [5.74, 6) is 0.950. The fraction of sp³-hybridized carbons (Fsp3) is 0.308. The average Bonchev–Trinajstić information content (AvgIpc) is 3.22. The van der Waals surface area contributed by atoms with Gasteiger partial charge in [-0.1, -0.05) is 38.1 Å². The number of nitrogens with one attached hydrogen (secondary N) is 1. The smallest absolute Gasteiger partial charge is 0.341 e. The van der Waals surface area contributed by atoms with Gasteiger partial charge < -0.3 is 19.5 Å². The Morgan fingerprint density at radius 2 is 1.55 bits per heavy atom. The molecule has 7 heteroatoms. The lowest BCUT2D eigenvalue weighted by atomic mass is 10.0. The molecule has 0 aliphatic carbocycles. The Morgan fingerprint density at radius 1 is 0.909 bits per heavy atom. The van der Waals surface area contributed by atoms with E-state index in [2.05, 4.69) is 19.2 Å². The van der Waals surface area contributed by atoms with E-state index in [1.165, 1.54) is 16.9 Å². The quantitative estimate of drug-likeness (QED) is 0.363. The first-order valence-electron chi connectivity index (χ1n) is 11.0. The summed E-state index contributed by atoms with van der Waals surface area (Å²) in [4.78, 5) is 25.3. The molecule has 0 saturated heterocycles. The van der Waals surface area contributed by atoms with E-state index in [1.54, 1.807) is 6.92 Å². The molecule has 0 unspecified atom stereocenters. The van der Waals surface area contributed by atoms with Gasteiger partial charge in [0.1, 0.15) is 22.1 Å². The fourth-order valence-electron chi connectivity index (χ4n) is 3.23. The van der Waals surface area contributed by atoms with Crippen molar-refractivity contribution in [1.82, 2.24) is 0 Å². The molecule has 1 N–H and O–H groups in total. The van der Waals surface area contributed by atoms with E-state index in [9.17, 15) is 9.59 Å². The van der Waals surface area contributed by atoms with Crippen LogP contribution in [0.5, 0.6) is 11.5 Å². The highest BCUT2D eigenvalue weighted by atomic mass is 32.1. The Kier molecular flexibility index (Phi) is 8.49. The van der Waals surface area contributed by atoms with Crippen LogP contribution in [0.4, 0.5) is 5.00 Å². The normalized spacial score (nSPS) is 10.7. The van der Waals surface area contributed by atoms with Gasteiger partial charge in [-0.3, -0.25) is 4.79 Å². The third-order valence-corrected chi connectivity index (χ3v) is 5.81. The van der Waals surface area contributed by atoms with Gasteiger partial charge in [-0.15, -0.1) is 11.3 Å². The van der Waals surface area contributed by atoms with Crippen molar-refractivity contribution < 1.29 is 23.8 Å². The van der Waals surface area contributed by atoms with E-state index in [0.717, 1.165) is 11.3 Å². The van der Waals surface area contributed by atoms with E-state index in [-0.39, 0.29) is 19.1 Å². The maximum atomic E-state index is 12.7. The number of anilines is 1. The number of rotatable bonds is 10. The lowest BCUT2D eigenvalue weighted by molar-refractivity contribution is -0.118. The van der Waals surface area contributed by atoms with Crippen LogP contribution in [0.2, 0.25) is 0 Å². The van der Waals surface area contributed by atoms with Gasteiger partial charge in [0.15, 0.2) is 6.61 Å². The van der Waals surface area contributed by atoms with E-state index in [4.69, 9.17) is 14.2 Å². The number of hydrogen-bond donors (Lipinski definition) is 1. The third-order valence-electron chi connectivity index (χ3n) is 4.92. The molecule has 2 aromatic carbocycles. The summed E-state index contributed by atoms with van der Waals surface area (Å²) in [6.07, 6.45) is 0. The highest BCUT2D eigenvalue weighted by Gasteiger charge is 2.23. The first kappa shape index (κ1) is 24.3. The van der Waals surface area contributed by atoms with Gasteiger partial charge in [0, 0.05) is 10.9 Å². The van der Waals surface area contributed by atoms with Crippen molar-refractivity contribution in [1.29, 1.82) is 0 Å². The van der Waals surface area contributed by atoms with Crippen LogP contribution in [0.15, 0.2) is 53.9 Å². The van der Waals surface area contributed by atoms with Gasteiger partial charge in [-0.25, -0.2) is 4.79 Å². The minimum Gasteiger partial charge on any atom is -0.494 e. The van der Waals surface area contributed by atoms with Crippen LogP contribution in [0.1, 0.15) is 49.5 Å². The van der Waals surface area contributed by atoms with E-state index < -0.39 is 5.97 Å². The lowest BCUT2D eigenvalue weighted by Gasteiger charge is -2.11. The molecule has 0 spiro atoms. The molecule has 33 heavy (non-hydrogen) atoms. The van der Waals surface area contributed by atoms with Gasteiger partial charge in [-0.2, -0.15) is 0 Å². The Labute approximate surface area is 198 Å². The van der Waals surface area contributed by atoms with Crippen molar-refractivity contribution in [2.45, 2.75) is 33.6 Å². The van der Waals surface area contributed by atoms with E-state index >= 15 is 0 Å². The molecule has 6 nitrogen and oxygen atoms in total. The van der Waals surface area contributed by atoms with Crippen LogP contribution in [0.3, 0.4) is 0 Å². The van der Waals surface area contributed by atoms with E-state index in [0.29, 0.717) is 34.4 Å². The standard InChI is InChI=1S/C26H29NO5S/c1-5-30-20-13-9-19(10-14-20)22-16-33-25(24(22)26(29)31-6-2)27-23(28)15-32-21-11-7-18(8-12-21)17(3)4/h7-14,16-17H,5-6,15H2,1-4H3,(H,27,28). The summed E-state index contributed by atoms with van der Waals surface area (Å²) in [7, 11) is 0. The number of amides is 1. The molecule has 0 radical (unpaired) electrons. The number of thiophene rings is 1. The number of benzene rings is 2. The molecule has 1 heterocycles. The molecule has 174 valence electrons. The first-order valence-corrected chi connectivity index (χ1v) is 11.8. The van der Waals surface area contributed by atoms with Crippen LogP contribution >= 0.6 is 11.3 Å². The lowest BCUT2D eigenvalue weighted by Crippen LogP contribution is -2.21. The number of hydrogen-bond acceptors (Lipinski definition) is 6. The van der Waals surface area contributed by atoms with Gasteiger partial charge in [0.05, 0.1) is 13.2 Å². The highest BCUT2D eigenvalue weighted by Crippen LogP contribution is 2.37. The highest BCUT2D eigenvalue weighted by molar-refractivity contribution is 7.15. The summed E-state index contributed by atoms with van der Waals surface area (Å²) < 4.78 is 16.4. The van der Waals surface area contributed by atoms with Crippen molar-refractivity contribution in [3.8, 4) is 22.6 Å². The minimum atomic E-state index is -0.483. The summed E-state index contributed by atoms with van der Waals surface area (Å²) in [6, 6.07) is 15.1. The van der Waals surface area contributed by atoms with Crippen molar-refractivity contribution in [3.05, 3.63) is 65.0 Å². The zero-order valence-electron chi connectivity index (χ0n) is 19.3. The Bertz CT molecular complexity index is 1070. The van der Waals surface area contributed by atoms with Gasteiger partial charge in [0.2, 0.25) is 0 Å². The van der Waals surface area contributed by atoms with Crippen molar-refractivity contribution in [2.24, 2.45) is 0 Å². The maximum Gasteiger partial charge on any atom is 0.341 e.